The fourth-order valence-corrected chi connectivity index (χ4v) is 4.09. The van der Waals surface area contributed by atoms with Crippen molar-refractivity contribution >= 4 is 16.6 Å². The Labute approximate surface area is 174 Å². The third-order valence-corrected chi connectivity index (χ3v) is 5.88. The molecule has 1 aliphatic rings. The van der Waals surface area contributed by atoms with Crippen molar-refractivity contribution in [1.82, 2.24) is 25.1 Å². The summed E-state index contributed by atoms with van der Waals surface area (Å²) in [5, 5.41) is 9.28. The van der Waals surface area contributed by atoms with Gasteiger partial charge in [0.05, 0.1) is 17.9 Å². The van der Waals surface area contributed by atoms with Crippen molar-refractivity contribution in [2.24, 2.45) is 0 Å². The lowest BCUT2D eigenvalue weighted by Crippen LogP contribution is -2.29. The van der Waals surface area contributed by atoms with Gasteiger partial charge in [-0.05, 0) is 62.0 Å². The Kier molecular flexibility index (Phi) is 4.67. The molecule has 0 amide bonds. The summed E-state index contributed by atoms with van der Waals surface area (Å²) in [6.45, 7) is 3.99. The third kappa shape index (κ3) is 3.31. The Balaban J connectivity index is 1.54. The highest BCUT2D eigenvalue weighted by atomic mass is 19.1. The number of anilines is 1. The molecule has 5 rings (SSSR count). The third-order valence-electron chi connectivity index (χ3n) is 5.88. The van der Waals surface area contributed by atoms with E-state index >= 15 is 0 Å². The first kappa shape index (κ1) is 18.7. The zero-order valence-electron chi connectivity index (χ0n) is 16.8. The number of hydrogen-bond acceptors (Lipinski definition) is 5. The molecular weight excluding hydrogens is 379 g/mol. The molecule has 1 saturated heterocycles. The van der Waals surface area contributed by atoms with Gasteiger partial charge >= 0.3 is 0 Å². The van der Waals surface area contributed by atoms with Crippen molar-refractivity contribution in [3.8, 4) is 22.4 Å². The van der Waals surface area contributed by atoms with Crippen molar-refractivity contribution < 1.29 is 4.39 Å². The summed E-state index contributed by atoms with van der Waals surface area (Å²) in [6.07, 6.45) is 9.40. The van der Waals surface area contributed by atoms with Gasteiger partial charge in [0.15, 0.2) is 0 Å². The van der Waals surface area contributed by atoms with Crippen LogP contribution in [0.1, 0.15) is 24.4 Å². The fraction of sp³-hybridized carbons (Fsp3) is 0.261. The van der Waals surface area contributed by atoms with Crippen molar-refractivity contribution in [2.75, 3.05) is 18.8 Å². The van der Waals surface area contributed by atoms with Gasteiger partial charge in [0, 0.05) is 40.7 Å². The molecule has 1 aliphatic heterocycles. The minimum atomic E-state index is -0.278. The van der Waals surface area contributed by atoms with Crippen LogP contribution in [0.2, 0.25) is 0 Å². The van der Waals surface area contributed by atoms with E-state index in [-0.39, 0.29) is 5.82 Å². The molecule has 4 heterocycles. The number of aryl methyl sites for hydroxylation is 1. The molecule has 0 atom stereocenters. The summed E-state index contributed by atoms with van der Waals surface area (Å²) in [6, 6.07) is 7.52. The molecule has 7 heteroatoms. The van der Waals surface area contributed by atoms with E-state index in [1.807, 2.05) is 29.9 Å². The highest BCUT2D eigenvalue weighted by Gasteiger charge is 2.17. The Morgan fingerprint density at radius 1 is 1.03 bits per heavy atom. The minimum Gasteiger partial charge on any atom is -0.383 e. The molecule has 152 valence electrons. The molecule has 1 fully saturated rings. The Morgan fingerprint density at radius 3 is 2.70 bits per heavy atom. The van der Waals surface area contributed by atoms with Crippen LogP contribution in [0.15, 0.2) is 49.1 Å². The van der Waals surface area contributed by atoms with E-state index in [1.54, 1.807) is 18.5 Å². The fourth-order valence-electron chi connectivity index (χ4n) is 4.09. The topological polar surface area (TPSA) is 81.7 Å². The van der Waals surface area contributed by atoms with Crippen LogP contribution in [0.25, 0.3) is 33.2 Å². The highest BCUT2D eigenvalue weighted by Crippen LogP contribution is 2.32. The van der Waals surface area contributed by atoms with Crippen LogP contribution in [-0.4, -0.2) is 32.8 Å². The van der Waals surface area contributed by atoms with E-state index in [0.717, 1.165) is 53.6 Å². The lowest BCUT2D eigenvalue weighted by molar-refractivity contribution is 0.343. The Bertz CT molecular complexity index is 1230. The molecule has 0 aliphatic carbocycles. The van der Waals surface area contributed by atoms with E-state index in [0.29, 0.717) is 22.9 Å². The molecule has 0 saturated carbocycles. The highest BCUT2D eigenvalue weighted by molar-refractivity contribution is 5.90. The van der Waals surface area contributed by atoms with Crippen LogP contribution in [-0.2, 0) is 0 Å². The van der Waals surface area contributed by atoms with Gasteiger partial charge in [-0.25, -0.2) is 9.37 Å². The number of pyridine rings is 2. The molecule has 4 aromatic rings. The van der Waals surface area contributed by atoms with Crippen LogP contribution in [0, 0.1) is 12.7 Å². The number of benzene rings is 1. The summed E-state index contributed by atoms with van der Waals surface area (Å²) in [5.41, 5.74) is 10.5. The molecular formula is C23H23FN6. The number of nitrogens with zero attached hydrogens (tertiary/aromatic N) is 4. The zero-order chi connectivity index (χ0) is 20.7. The second kappa shape index (κ2) is 7.50. The molecule has 0 radical (unpaired) electrons. The first-order valence-electron chi connectivity index (χ1n) is 10.2. The second-order valence-corrected chi connectivity index (χ2v) is 7.83. The summed E-state index contributed by atoms with van der Waals surface area (Å²) < 4.78 is 16.2. The predicted molar refractivity (Wildman–Crippen MR) is 116 cm³/mol. The Hall–Kier alpha value is -3.32. The molecule has 3 N–H and O–H groups in total. The lowest BCUT2D eigenvalue weighted by atomic mass is 10.0. The van der Waals surface area contributed by atoms with Crippen LogP contribution < -0.4 is 11.1 Å². The maximum atomic E-state index is 14.1. The van der Waals surface area contributed by atoms with Crippen molar-refractivity contribution in [3.63, 3.8) is 0 Å². The summed E-state index contributed by atoms with van der Waals surface area (Å²) in [4.78, 5) is 8.86. The summed E-state index contributed by atoms with van der Waals surface area (Å²) in [7, 11) is 0. The van der Waals surface area contributed by atoms with E-state index in [4.69, 9.17) is 5.73 Å². The smallest absolute Gasteiger partial charge is 0.132 e. The van der Waals surface area contributed by atoms with Crippen LogP contribution in [0.4, 0.5) is 10.2 Å². The van der Waals surface area contributed by atoms with Crippen LogP contribution in [0.5, 0.6) is 0 Å². The van der Waals surface area contributed by atoms with Gasteiger partial charge in [0.1, 0.15) is 11.6 Å². The molecule has 0 bridgehead atoms. The van der Waals surface area contributed by atoms with E-state index in [2.05, 4.69) is 26.6 Å². The van der Waals surface area contributed by atoms with Gasteiger partial charge in [0.25, 0.3) is 0 Å². The monoisotopic (exact) mass is 402 g/mol. The van der Waals surface area contributed by atoms with E-state index in [1.165, 1.54) is 6.07 Å². The molecule has 30 heavy (non-hydrogen) atoms. The van der Waals surface area contributed by atoms with Gasteiger partial charge in [-0.3, -0.25) is 9.67 Å². The lowest BCUT2D eigenvalue weighted by Gasteiger charge is -2.22. The van der Waals surface area contributed by atoms with Crippen molar-refractivity contribution in [1.29, 1.82) is 0 Å². The summed E-state index contributed by atoms with van der Waals surface area (Å²) >= 11 is 0. The standard InChI is InChI=1S/C23H23FN6/c1-14-2-3-21(24)20-12-27-22(9-18(14)20)19-8-15(10-28-23(19)25)16-11-29-30(13-16)17-4-6-26-7-5-17/h2-3,8-13,17,26H,4-7H2,1H3,(H2,25,28). The normalized spacial score (nSPS) is 15.0. The van der Waals surface area contributed by atoms with Crippen molar-refractivity contribution in [3.05, 3.63) is 60.4 Å². The Morgan fingerprint density at radius 2 is 1.87 bits per heavy atom. The largest absolute Gasteiger partial charge is 0.383 e. The molecule has 1 aromatic carbocycles. The first-order valence-corrected chi connectivity index (χ1v) is 10.2. The van der Waals surface area contributed by atoms with Gasteiger partial charge in [-0.1, -0.05) is 6.07 Å². The maximum Gasteiger partial charge on any atom is 0.132 e. The van der Waals surface area contributed by atoms with Crippen molar-refractivity contribution in [2.45, 2.75) is 25.8 Å². The van der Waals surface area contributed by atoms with E-state index in [9.17, 15) is 4.39 Å². The maximum absolute atomic E-state index is 14.1. The number of nitrogens with one attached hydrogen (secondary N) is 1. The van der Waals surface area contributed by atoms with Gasteiger partial charge in [-0.2, -0.15) is 5.10 Å². The quantitative estimate of drug-likeness (QED) is 0.539. The van der Waals surface area contributed by atoms with Gasteiger partial charge in [0.2, 0.25) is 0 Å². The number of piperidine rings is 1. The minimum absolute atomic E-state index is 0.278. The average Bonchev–Trinajstić information content (AvgIpc) is 3.27. The van der Waals surface area contributed by atoms with Gasteiger partial charge < -0.3 is 11.1 Å². The molecule has 3 aromatic heterocycles. The molecule has 0 unspecified atom stereocenters. The number of fused-ring (bicyclic) bond motifs is 1. The summed E-state index contributed by atoms with van der Waals surface area (Å²) in [5.74, 6) is 0.116. The number of nitrogen functional groups attached to an aromatic ring is 1. The number of halogens is 1. The average molecular weight is 402 g/mol. The van der Waals surface area contributed by atoms with Crippen LogP contribution in [0.3, 0.4) is 0 Å². The number of nitrogens with two attached hydrogens (primary N) is 1. The van der Waals surface area contributed by atoms with E-state index < -0.39 is 0 Å². The number of rotatable bonds is 3. The molecule has 0 spiro atoms. The molecule has 6 nitrogen and oxygen atoms in total. The SMILES string of the molecule is Cc1ccc(F)c2cnc(-c3cc(-c4cnn(C5CCNCC5)c4)cnc3N)cc12. The van der Waals surface area contributed by atoms with Crippen LogP contribution >= 0.6 is 0 Å². The predicted octanol–water partition coefficient (Wildman–Crippen LogP) is 4.11. The first-order chi connectivity index (χ1) is 14.6. The number of aromatic nitrogens is 4. The number of hydrogen-bond donors (Lipinski definition) is 2. The zero-order valence-corrected chi connectivity index (χ0v) is 16.8. The van der Waals surface area contributed by atoms with Gasteiger partial charge in [-0.15, -0.1) is 0 Å². The second-order valence-electron chi connectivity index (χ2n) is 7.83.